The van der Waals surface area contributed by atoms with Crippen LogP contribution in [0.4, 0.5) is 10.6 Å². The van der Waals surface area contributed by atoms with E-state index in [0.717, 1.165) is 5.56 Å². The van der Waals surface area contributed by atoms with Gasteiger partial charge in [-0.2, -0.15) is 10.2 Å². The van der Waals surface area contributed by atoms with Crippen LogP contribution in [0, 0.1) is 0 Å². The summed E-state index contributed by atoms with van der Waals surface area (Å²) in [4.78, 5) is 10.3. The molecule has 2 aromatic heterocycles. The fourth-order valence-corrected chi connectivity index (χ4v) is 1.04. The Balaban J connectivity index is 2.22. The topological polar surface area (TPSA) is 107 Å². The number of nitrogens with zero attached hydrogens (tertiary/aromatic N) is 2. The van der Waals surface area contributed by atoms with Crippen LogP contribution in [0.2, 0.25) is 0 Å². The maximum Gasteiger partial charge on any atom is 0.410 e. The lowest BCUT2D eigenvalue weighted by molar-refractivity contribution is 0.209. The molecule has 14 heavy (non-hydrogen) atoms. The van der Waals surface area contributed by atoms with Gasteiger partial charge in [-0.25, -0.2) is 4.79 Å². The molecule has 0 fully saturated rings. The third-order valence-electron chi connectivity index (χ3n) is 1.62. The lowest BCUT2D eigenvalue weighted by Crippen LogP contribution is -2.07. The largest absolute Gasteiger partial charge is 0.465 e. The van der Waals surface area contributed by atoms with Crippen LogP contribution in [0.1, 0.15) is 0 Å². The van der Waals surface area contributed by atoms with Gasteiger partial charge in [0.2, 0.25) is 0 Å². The molecule has 0 bridgehead atoms. The highest BCUT2D eigenvalue weighted by molar-refractivity contribution is 5.82. The van der Waals surface area contributed by atoms with E-state index in [9.17, 15) is 4.79 Å². The Bertz CT molecular complexity index is 433. The van der Waals surface area contributed by atoms with Crippen LogP contribution in [0.25, 0.3) is 11.3 Å². The number of amides is 1. The number of hydrogen-bond acceptors (Lipinski definition) is 3. The SMILES string of the molecule is O=C(O)Nc1cc(-c2cn[nH]c2)[nH]n1. The zero-order valence-corrected chi connectivity index (χ0v) is 6.98. The van der Waals surface area contributed by atoms with Crippen molar-refractivity contribution in [2.45, 2.75) is 0 Å². The van der Waals surface area contributed by atoms with Crippen LogP contribution in [-0.2, 0) is 0 Å². The van der Waals surface area contributed by atoms with Crippen LogP contribution in [0.3, 0.4) is 0 Å². The molecule has 4 N–H and O–H groups in total. The van der Waals surface area contributed by atoms with Crippen molar-refractivity contribution < 1.29 is 9.90 Å². The van der Waals surface area contributed by atoms with Gasteiger partial charge in [0.1, 0.15) is 0 Å². The number of nitrogens with one attached hydrogen (secondary N) is 3. The highest BCUT2D eigenvalue weighted by atomic mass is 16.4. The van der Waals surface area contributed by atoms with E-state index in [1.165, 1.54) is 0 Å². The van der Waals surface area contributed by atoms with Gasteiger partial charge in [-0.1, -0.05) is 0 Å². The summed E-state index contributed by atoms with van der Waals surface area (Å²) in [7, 11) is 0. The minimum atomic E-state index is -1.14. The number of carboxylic acid groups (broad SMARTS) is 1. The van der Waals surface area contributed by atoms with Crippen LogP contribution < -0.4 is 5.32 Å². The highest BCUT2D eigenvalue weighted by Gasteiger charge is 2.05. The van der Waals surface area contributed by atoms with Gasteiger partial charge >= 0.3 is 6.09 Å². The number of H-pyrrole nitrogens is 2. The van der Waals surface area contributed by atoms with E-state index in [4.69, 9.17) is 5.11 Å². The number of rotatable bonds is 2. The molecule has 2 rings (SSSR count). The Morgan fingerprint density at radius 2 is 2.43 bits per heavy atom. The first-order valence-corrected chi connectivity index (χ1v) is 3.80. The van der Waals surface area contributed by atoms with Gasteiger partial charge in [0.05, 0.1) is 11.9 Å². The molecule has 0 aliphatic heterocycles. The molecule has 0 aromatic carbocycles. The molecule has 0 aliphatic rings. The first-order chi connectivity index (χ1) is 6.75. The average molecular weight is 193 g/mol. The minimum Gasteiger partial charge on any atom is -0.465 e. The van der Waals surface area contributed by atoms with E-state index in [2.05, 4.69) is 25.7 Å². The molecule has 0 atom stereocenters. The first-order valence-electron chi connectivity index (χ1n) is 3.80. The van der Waals surface area contributed by atoms with Crippen molar-refractivity contribution in [2.24, 2.45) is 0 Å². The molecule has 7 nitrogen and oxygen atoms in total. The van der Waals surface area contributed by atoms with Crippen molar-refractivity contribution in [2.75, 3.05) is 5.32 Å². The number of aromatic nitrogens is 4. The molecule has 2 heterocycles. The van der Waals surface area contributed by atoms with Gasteiger partial charge in [0.15, 0.2) is 5.82 Å². The fourth-order valence-electron chi connectivity index (χ4n) is 1.04. The summed E-state index contributed by atoms with van der Waals surface area (Å²) in [6.45, 7) is 0. The summed E-state index contributed by atoms with van der Waals surface area (Å²) in [5, 5.41) is 23.4. The monoisotopic (exact) mass is 193 g/mol. The third kappa shape index (κ3) is 1.56. The first kappa shape index (κ1) is 8.30. The van der Waals surface area contributed by atoms with E-state index in [-0.39, 0.29) is 5.82 Å². The second kappa shape index (κ2) is 3.21. The van der Waals surface area contributed by atoms with Gasteiger partial charge in [-0.3, -0.25) is 15.5 Å². The predicted octanol–water partition coefficient (Wildman–Crippen LogP) is 0.890. The van der Waals surface area contributed by atoms with Gasteiger partial charge in [0.25, 0.3) is 0 Å². The van der Waals surface area contributed by atoms with E-state index < -0.39 is 6.09 Å². The summed E-state index contributed by atoms with van der Waals surface area (Å²) in [6, 6.07) is 1.58. The molecule has 0 aliphatic carbocycles. The second-order valence-corrected chi connectivity index (χ2v) is 2.58. The van der Waals surface area contributed by atoms with E-state index >= 15 is 0 Å². The van der Waals surface area contributed by atoms with Crippen LogP contribution in [0.15, 0.2) is 18.5 Å². The van der Waals surface area contributed by atoms with E-state index in [1.807, 2.05) is 0 Å². The second-order valence-electron chi connectivity index (χ2n) is 2.58. The molecule has 1 amide bonds. The molecule has 0 saturated heterocycles. The number of anilines is 1. The summed E-state index contributed by atoms with van der Waals surface area (Å²) in [6.07, 6.45) is 2.14. The molecular weight excluding hydrogens is 186 g/mol. The third-order valence-corrected chi connectivity index (χ3v) is 1.62. The number of aromatic amines is 2. The molecule has 0 radical (unpaired) electrons. The molecule has 0 saturated carbocycles. The van der Waals surface area contributed by atoms with Gasteiger partial charge in [-0.05, 0) is 0 Å². The van der Waals surface area contributed by atoms with Gasteiger partial charge < -0.3 is 5.11 Å². The maximum atomic E-state index is 10.3. The van der Waals surface area contributed by atoms with Crippen LogP contribution in [-0.4, -0.2) is 31.6 Å². The minimum absolute atomic E-state index is 0.258. The molecule has 72 valence electrons. The van der Waals surface area contributed by atoms with Crippen LogP contribution >= 0.6 is 0 Å². The lowest BCUT2D eigenvalue weighted by Gasteiger charge is -1.90. The predicted molar refractivity (Wildman–Crippen MR) is 47.8 cm³/mol. The molecular formula is C7H7N5O2. The molecule has 0 unspecified atom stereocenters. The van der Waals surface area contributed by atoms with Crippen LogP contribution in [0.5, 0.6) is 0 Å². The molecule has 7 heteroatoms. The number of carbonyl (C=O) groups is 1. The Hall–Kier alpha value is -2.31. The summed E-state index contributed by atoms with van der Waals surface area (Å²) in [5.74, 6) is 0.258. The van der Waals surface area contributed by atoms with Crippen molar-refractivity contribution in [3.8, 4) is 11.3 Å². The Morgan fingerprint density at radius 3 is 3.07 bits per heavy atom. The van der Waals surface area contributed by atoms with Crippen molar-refractivity contribution in [3.05, 3.63) is 18.5 Å². The zero-order valence-electron chi connectivity index (χ0n) is 6.98. The molecule has 2 aromatic rings. The summed E-state index contributed by atoms with van der Waals surface area (Å²) in [5.41, 5.74) is 1.51. The van der Waals surface area contributed by atoms with E-state index in [1.54, 1.807) is 18.5 Å². The standard InChI is InChI=1S/C7H7N5O2/c13-7(14)10-6-1-5(11-12-6)4-2-8-9-3-4/h1-3H,(H,8,9)(H,13,14)(H2,10,11,12). The summed E-state index contributed by atoms with van der Waals surface area (Å²) < 4.78 is 0. The Labute approximate surface area is 78.2 Å². The van der Waals surface area contributed by atoms with E-state index in [0.29, 0.717) is 5.69 Å². The van der Waals surface area contributed by atoms with Crippen molar-refractivity contribution >= 4 is 11.9 Å². The van der Waals surface area contributed by atoms with Crippen molar-refractivity contribution in [3.63, 3.8) is 0 Å². The molecule has 0 spiro atoms. The van der Waals surface area contributed by atoms with Gasteiger partial charge in [0, 0.05) is 17.8 Å². The summed E-state index contributed by atoms with van der Waals surface area (Å²) >= 11 is 0. The number of hydrogen-bond donors (Lipinski definition) is 4. The van der Waals surface area contributed by atoms with Gasteiger partial charge in [-0.15, -0.1) is 0 Å². The zero-order chi connectivity index (χ0) is 9.97. The Kier molecular flexibility index (Phi) is 1.90. The normalized spacial score (nSPS) is 10.0. The lowest BCUT2D eigenvalue weighted by atomic mass is 10.2. The fraction of sp³-hybridized carbons (Fsp3) is 0. The van der Waals surface area contributed by atoms with Crippen molar-refractivity contribution in [1.82, 2.24) is 20.4 Å². The maximum absolute atomic E-state index is 10.3. The average Bonchev–Trinajstić information content (AvgIpc) is 2.69. The van der Waals surface area contributed by atoms with Crippen molar-refractivity contribution in [1.29, 1.82) is 0 Å². The smallest absolute Gasteiger partial charge is 0.410 e. The Morgan fingerprint density at radius 1 is 1.57 bits per heavy atom. The highest BCUT2D eigenvalue weighted by Crippen LogP contribution is 2.17. The quantitative estimate of drug-likeness (QED) is 0.568.